The highest BCUT2D eigenvalue weighted by Gasteiger charge is 2.26. The van der Waals surface area contributed by atoms with Gasteiger partial charge in [-0.2, -0.15) is 0 Å². The van der Waals surface area contributed by atoms with Crippen molar-refractivity contribution in [2.45, 2.75) is 45.6 Å². The maximum Gasteiger partial charge on any atom is 0.227 e. The quantitative estimate of drug-likeness (QED) is 0.803. The number of piperidine rings is 1. The van der Waals surface area contributed by atoms with Crippen LogP contribution >= 0.6 is 11.3 Å². The minimum Gasteiger partial charge on any atom is -0.350 e. The SMILES string of the molecule is CC(C)C(=O)NCc1csc([C@@H]2CCCN(C(=O)Cc3ccc(F)cc3)C2)n1. The van der Waals surface area contributed by atoms with E-state index in [0.29, 0.717) is 13.1 Å². The number of hydrogen-bond donors (Lipinski definition) is 1. The molecule has 1 aliphatic rings. The van der Waals surface area contributed by atoms with E-state index < -0.39 is 0 Å². The number of thiazole rings is 1. The summed E-state index contributed by atoms with van der Waals surface area (Å²) in [5.41, 5.74) is 1.69. The molecule has 0 unspecified atom stereocenters. The van der Waals surface area contributed by atoms with E-state index >= 15 is 0 Å². The van der Waals surface area contributed by atoms with Gasteiger partial charge in [-0.05, 0) is 30.5 Å². The van der Waals surface area contributed by atoms with E-state index in [4.69, 9.17) is 0 Å². The topological polar surface area (TPSA) is 62.3 Å². The highest BCUT2D eigenvalue weighted by molar-refractivity contribution is 7.09. The van der Waals surface area contributed by atoms with Gasteiger partial charge in [-0.1, -0.05) is 26.0 Å². The van der Waals surface area contributed by atoms with E-state index in [1.54, 1.807) is 23.5 Å². The first kappa shape index (κ1) is 20.5. The molecule has 7 heteroatoms. The highest BCUT2D eigenvalue weighted by Crippen LogP contribution is 2.29. The first-order chi connectivity index (χ1) is 13.4. The largest absolute Gasteiger partial charge is 0.350 e. The Morgan fingerprint density at radius 1 is 1.32 bits per heavy atom. The van der Waals surface area contributed by atoms with Crippen LogP contribution < -0.4 is 5.32 Å². The van der Waals surface area contributed by atoms with Crippen LogP contribution in [0.4, 0.5) is 4.39 Å². The van der Waals surface area contributed by atoms with E-state index in [2.05, 4.69) is 10.3 Å². The van der Waals surface area contributed by atoms with Crippen LogP contribution in [0.2, 0.25) is 0 Å². The molecule has 1 fully saturated rings. The van der Waals surface area contributed by atoms with Crippen LogP contribution in [0.25, 0.3) is 0 Å². The first-order valence-electron chi connectivity index (χ1n) is 9.66. The van der Waals surface area contributed by atoms with Gasteiger partial charge in [0.05, 0.1) is 23.7 Å². The third-order valence-electron chi connectivity index (χ3n) is 4.93. The Morgan fingerprint density at radius 2 is 2.07 bits per heavy atom. The zero-order chi connectivity index (χ0) is 20.1. The lowest BCUT2D eigenvalue weighted by Gasteiger charge is -2.32. The minimum atomic E-state index is -0.293. The van der Waals surface area contributed by atoms with E-state index in [1.165, 1.54) is 12.1 Å². The average molecular weight is 404 g/mol. The number of aromatic nitrogens is 1. The predicted molar refractivity (Wildman–Crippen MR) is 107 cm³/mol. The molecule has 2 aromatic rings. The van der Waals surface area contributed by atoms with Crippen molar-refractivity contribution in [3.8, 4) is 0 Å². The number of halogens is 1. The molecule has 1 atom stereocenters. The number of nitrogens with zero attached hydrogens (tertiary/aromatic N) is 2. The van der Waals surface area contributed by atoms with Crippen molar-refractivity contribution in [1.82, 2.24) is 15.2 Å². The minimum absolute atomic E-state index is 0.0183. The molecule has 0 saturated carbocycles. The number of benzene rings is 1. The second-order valence-corrected chi connectivity index (χ2v) is 8.42. The zero-order valence-corrected chi connectivity index (χ0v) is 17.1. The molecular weight excluding hydrogens is 377 g/mol. The maximum atomic E-state index is 13.0. The van der Waals surface area contributed by atoms with Crippen molar-refractivity contribution in [2.75, 3.05) is 13.1 Å². The van der Waals surface area contributed by atoms with Gasteiger partial charge >= 0.3 is 0 Å². The summed E-state index contributed by atoms with van der Waals surface area (Å²) in [6.07, 6.45) is 2.24. The smallest absolute Gasteiger partial charge is 0.227 e. The van der Waals surface area contributed by atoms with Gasteiger partial charge in [0.15, 0.2) is 0 Å². The first-order valence-corrected chi connectivity index (χ1v) is 10.5. The zero-order valence-electron chi connectivity index (χ0n) is 16.3. The van der Waals surface area contributed by atoms with Crippen molar-refractivity contribution in [1.29, 1.82) is 0 Å². The molecule has 1 N–H and O–H groups in total. The van der Waals surface area contributed by atoms with Gasteiger partial charge in [-0.3, -0.25) is 9.59 Å². The second kappa shape index (κ2) is 9.28. The van der Waals surface area contributed by atoms with Gasteiger partial charge in [0.2, 0.25) is 11.8 Å². The third kappa shape index (κ3) is 5.38. The fourth-order valence-electron chi connectivity index (χ4n) is 3.27. The van der Waals surface area contributed by atoms with E-state index in [9.17, 15) is 14.0 Å². The second-order valence-electron chi connectivity index (χ2n) is 7.53. The highest BCUT2D eigenvalue weighted by atomic mass is 32.1. The summed E-state index contributed by atoms with van der Waals surface area (Å²) in [7, 11) is 0. The normalized spacial score (nSPS) is 17.0. The molecule has 150 valence electrons. The monoisotopic (exact) mass is 403 g/mol. The molecule has 5 nitrogen and oxygen atoms in total. The van der Waals surface area contributed by atoms with E-state index in [0.717, 1.165) is 35.7 Å². The summed E-state index contributed by atoms with van der Waals surface area (Å²) in [6, 6.07) is 6.09. The van der Waals surface area contributed by atoms with Gasteiger partial charge in [-0.25, -0.2) is 9.37 Å². The molecule has 0 aliphatic carbocycles. The average Bonchev–Trinajstić information content (AvgIpc) is 3.17. The molecule has 1 aliphatic heterocycles. The van der Waals surface area contributed by atoms with E-state index in [1.807, 2.05) is 24.1 Å². The number of carbonyl (C=O) groups is 2. The van der Waals surface area contributed by atoms with Gasteiger partial charge in [0, 0.05) is 30.3 Å². The van der Waals surface area contributed by atoms with Crippen molar-refractivity contribution in [2.24, 2.45) is 5.92 Å². The number of rotatable bonds is 6. The van der Waals surface area contributed by atoms with Crippen molar-refractivity contribution in [3.63, 3.8) is 0 Å². The van der Waals surface area contributed by atoms with Crippen molar-refractivity contribution in [3.05, 3.63) is 51.7 Å². The lowest BCUT2D eigenvalue weighted by atomic mass is 9.98. The molecule has 1 aromatic carbocycles. The Hall–Kier alpha value is -2.28. The molecule has 1 saturated heterocycles. The van der Waals surface area contributed by atoms with Gasteiger partial charge in [0.1, 0.15) is 5.82 Å². The number of amides is 2. The molecule has 1 aromatic heterocycles. The number of hydrogen-bond acceptors (Lipinski definition) is 4. The predicted octanol–water partition coefficient (Wildman–Crippen LogP) is 3.50. The molecule has 0 spiro atoms. The standard InChI is InChI=1S/C21H26FN3O2S/c1-14(2)20(27)23-11-18-13-28-21(24-18)16-4-3-9-25(12-16)19(26)10-15-5-7-17(22)8-6-15/h5-8,13-14,16H,3-4,9-12H2,1-2H3,(H,23,27)/t16-/m1/s1. The van der Waals surface area contributed by atoms with Gasteiger partial charge in [0.25, 0.3) is 0 Å². The molecular formula is C21H26FN3O2S. The van der Waals surface area contributed by atoms with Gasteiger partial charge < -0.3 is 10.2 Å². The van der Waals surface area contributed by atoms with Crippen LogP contribution in [0.15, 0.2) is 29.6 Å². The van der Waals surface area contributed by atoms with Crippen LogP contribution in [0.3, 0.4) is 0 Å². The van der Waals surface area contributed by atoms with Crippen LogP contribution in [0.1, 0.15) is 48.9 Å². The molecule has 3 rings (SSSR count). The summed E-state index contributed by atoms with van der Waals surface area (Å²) in [5, 5.41) is 5.89. The molecule has 0 bridgehead atoms. The Bertz CT molecular complexity index is 819. The third-order valence-corrected chi connectivity index (χ3v) is 5.99. The Kier molecular flexibility index (Phi) is 6.78. The summed E-state index contributed by atoms with van der Waals surface area (Å²) in [6.45, 7) is 5.57. The molecule has 2 heterocycles. The number of carbonyl (C=O) groups excluding carboxylic acids is 2. The van der Waals surface area contributed by atoms with E-state index in [-0.39, 0.29) is 35.9 Å². The Labute approximate surface area is 169 Å². The summed E-state index contributed by atoms with van der Waals surface area (Å²) in [4.78, 5) is 30.9. The Morgan fingerprint density at radius 3 is 2.79 bits per heavy atom. The summed E-state index contributed by atoms with van der Waals surface area (Å²) in [5.74, 6) is -0.0249. The van der Waals surface area contributed by atoms with Crippen molar-refractivity contribution >= 4 is 23.2 Å². The molecule has 0 radical (unpaired) electrons. The number of nitrogens with one attached hydrogen (secondary N) is 1. The molecule has 28 heavy (non-hydrogen) atoms. The van der Waals surface area contributed by atoms with Crippen LogP contribution in [-0.4, -0.2) is 34.8 Å². The summed E-state index contributed by atoms with van der Waals surface area (Å²) >= 11 is 1.59. The Balaban J connectivity index is 1.56. The molecule has 2 amide bonds. The van der Waals surface area contributed by atoms with Crippen LogP contribution in [0.5, 0.6) is 0 Å². The van der Waals surface area contributed by atoms with Gasteiger partial charge in [-0.15, -0.1) is 11.3 Å². The van der Waals surface area contributed by atoms with Crippen LogP contribution in [-0.2, 0) is 22.6 Å². The number of likely N-dealkylation sites (tertiary alicyclic amines) is 1. The van der Waals surface area contributed by atoms with Crippen molar-refractivity contribution < 1.29 is 14.0 Å². The lowest BCUT2D eigenvalue weighted by molar-refractivity contribution is -0.131. The fourth-order valence-corrected chi connectivity index (χ4v) is 4.21. The summed E-state index contributed by atoms with van der Waals surface area (Å²) < 4.78 is 13.0. The van der Waals surface area contributed by atoms with Crippen LogP contribution in [0, 0.1) is 11.7 Å². The lowest BCUT2D eigenvalue weighted by Crippen LogP contribution is -2.40. The fraction of sp³-hybridized carbons (Fsp3) is 0.476. The maximum absolute atomic E-state index is 13.0.